The summed E-state index contributed by atoms with van der Waals surface area (Å²) in [6.45, 7) is 3.59. The maximum absolute atomic E-state index is 12.1. The Bertz CT molecular complexity index is 702. The number of rotatable bonds is 4. The lowest BCUT2D eigenvalue weighted by atomic mass is 10.2. The van der Waals surface area contributed by atoms with Crippen LogP contribution in [0.25, 0.3) is 0 Å². The Morgan fingerprint density at radius 1 is 1.25 bits per heavy atom. The molecule has 24 heavy (non-hydrogen) atoms. The molecule has 0 unspecified atom stereocenters. The number of amides is 1. The van der Waals surface area contributed by atoms with Gasteiger partial charge in [-0.15, -0.1) is 0 Å². The number of benzene rings is 1. The van der Waals surface area contributed by atoms with Crippen LogP contribution in [0.15, 0.2) is 24.3 Å². The molecular formula is C16H22ClN3O3S. The summed E-state index contributed by atoms with van der Waals surface area (Å²) in [4.78, 5) is 16.4. The average Bonchev–Trinajstić information content (AvgIpc) is 2.86. The highest BCUT2D eigenvalue weighted by atomic mass is 35.5. The molecule has 2 fully saturated rings. The van der Waals surface area contributed by atoms with Gasteiger partial charge in [0.05, 0.1) is 18.1 Å². The first-order valence-electron chi connectivity index (χ1n) is 8.14. The number of hydrogen-bond donors (Lipinski definition) is 1. The first-order chi connectivity index (χ1) is 11.4. The van der Waals surface area contributed by atoms with E-state index in [4.69, 9.17) is 11.6 Å². The number of sulfone groups is 1. The van der Waals surface area contributed by atoms with Crippen LogP contribution < -0.4 is 10.2 Å². The Hall–Kier alpha value is -1.31. The van der Waals surface area contributed by atoms with Crippen LogP contribution in [-0.4, -0.2) is 69.5 Å². The summed E-state index contributed by atoms with van der Waals surface area (Å²) >= 11 is 6.03. The molecule has 0 aromatic heterocycles. The number of carbonyl (C=O) groups excluding carboxylic acids is 1. The summed E-state index contributed by atoms with van der Waals surface area (Å²) in [6.07, 6.45) is 0.524. The molecule has 1 atom stereocenters. The largest absolute Gasteiger partial charge is 0.369 e. The van der Waals surface area contributed by atoms with Crippen LogP contribution in [0.1, 0.15) is 6.42 Å². The second-order valence-corrected chi connectivity index (χ2v) is 9.08. The van der Waals surface area contributed by atoms with Gasteiger partial charge in [-0.05, 0) is 24.6 Å². The Morgan fingerprint density at radius 3 is 2.62 bits per heavy atom. The van der Waals surface area contributed by atoms with Gasteiger partial charge in [0, 0.05) is 42.9 Å². The van der Waals surface area contributed by atoms with Gasteiger partial charge >= 0.3 is 0 Å². The van der Waals surface area contributed by atoms with Crippen LogP contribution in [0.5, 0.6) is 0 Å². The molecular weight excluding hydrogens is 350 g/mol. The normalized spacial score (nSPS) is 24.0. The third kappa shape index (κ3) is 4.62. The summed E-state index contributed by atoms with van der Waals surface area (Å²) in [5.41, 5.74) is 1.10. The maximum Gasteiger partial charge on any atom is 0.234 e. The highest BCUT2D eigenvalue weighted by Crippen LogP contribution is 2.20. The van der Waals surface area contributed by atoms with Crippen molar-refractivity contribution in [3.63, 3.8) is 0 Å². The number of nitrogens with zero attached hydrogens (tertiary/aromatic N) is 2. The minimum Gasteiger partial charge on any atom is -0.369 e. The van der Waals surface area contributed by atoms with Crippen molar-refractivity contribution in [1.29, 1.82) is 0 Å². The lowest BCUT2D eigenvalue weighted by molar-refractivity contribution is -0.122. The zero-order chi connectivity index (χ0) is 17.2. The molecule has 0 aliphatic carbocycles. The van der Waals surface area contributed by atoms with Crippen LogP contribution in [0, 0.1) is 0 Å². The number of carbonyl (C=O) groups is 1. The molecule has 1 N–H and O–H groups in total. The zero-order valence-corrected chi connectivity index (χ0v) is 15.0. The molecule has 2 aliphatic heterocycles. The summed E-state index contributed by atoms with van der Waals surface area (Å²) in [5.74, 6) is 0.158. The topological polar surface area (TPSA) is 69.7 Å². The minimum atomic E-state index is -2.96. The fraction of sp³-hybridized carbons (Fsp3) is 0.562. The van der Waals surface area contributed by atoms with Crippen molar-refractivity contribution < 1.29 is 13.2 Å². The average molecular weight is 372 g/mol. The molecule has 0 radical (unpaired) electrons. The van der Waals surface area contributed by atoms with E-state index in [1.54, 1.807) is 0 Å². The maximum atomic E-state index is 12.1. The molecule has 8 heteroatoms. The molecule has 0 spiro atoms. The number of hydrogen-bond acceptors (Lipinski definition) is 5. The fourth-order valence-electron chi connectivity index (χ4n) is 3.22. The second-order valence-electron chi connectivity index (χ2n) is 6.41. The van der Waals surface area contributed by atoms with E-state index in [1.165, 1.54) is 0 Å². The van der Waals surface area contributed by atoms with E-state index >= 15 is 0 Å². The van der Waals surface area contributed by atoms with Gasteiger partial charge in [0.25, 0.3) is 0 Å². The van der Waals surface area contributed by atoms with Gasteiger partial charge in [-0.2, -0.15) is 0 Å². The van der Waals surface area contributed by atoms with Gasteiger partial charge in [0.1, 0.15) is 0 Å². The zero-order valence-electron chi connectivity index (χ0n) is 13.4. The van der Waals surface area contributed by atoms with Crippen LogP contribution in [0.4, 0.5) is 5.69 Å². The molecule has 1 aromatic rings. The SMILES string of the molecule is O=C(CN1CCN(c2cccc(Cl)c2)CC1)N[C@@H]1CCS(=O)(=O)C1. The monoisotopic (exact) mass is 371 g/mol. The van der Waals surface area contributed by atoms with E-state index in [2.05, 4.69) is 15.1 Å². The molecule has 2 saturated heterocycles. The molecule has 0 bridgehead atoms. The van der Waals surface area contributed by atoms with Crippen molar-refractivity contribution in [2.45, 2.75) is 12.5 Å². The highest BCUT2D eigenvalue weighted by molar-refractivity contribution is 7.91. The molecule has 1 aromatic carbocycles. The Labute approximate surface area is 147 Å². The van der Waals surface area contributed by atoms with Crippen molar-refractivity contribution in [2.24, 2.45) is 0 Å². The molecule has 132 valence electrons. The van der Waals surface area contributed by atoms with Crippen molar-refractivity contribution in [3.8, 4) is 0 Å². The van der Waals surface area contributed by atoms with E-state index in [0.29, 0.717) is 13.0 Å². The van der Waals surface area contributed by atoms with Crippen LogP contribution in [0.2, 0.25) is 5.02 Å². The van der Waals surface area contributed by atoms with Crippen molar-refractivity contribution in [1.82, 2.24) is 10.2 Å². The number of piperazine rings is 1. The van der Waals surface area contributed by atoms with Crippen LogP contribution >= 0.6 is 11.6 Å². The van der Waals surface area contributed by atoms with E-state index in [9.17, 15) is 13.2 Å². The lowest BCUT2D eigenvalue weighted by Gasteiger charge is -2.35. The standard InChI is InChI=1S/C16H22ClN3O3S/c17-13-2-1-3-15(10-13)20-7-5-19(6-8-20)11-16(21)18-14-4-9-24(22,23)12-14/h1-3,10,14H,4-9,11-12H2,(H,18,21)/t14-/m1/s1. The Balaban J connectivity index is 1.44. The van der Waals surface area contributed by atoms with E-state index in [0.717, 1.165) is 36.9 Å². The summed E-state index contributed by atoms with van der Waals surface area (Å²) in [6, 6.07) is 7.55. The molecule has 2 heterocycles. The highest BCUT2D eigenvalue weighted by Gasteiger charge is 2.29. The second kappa shape index (κ2) is 7.29. The number of anilines is 1. The van der Waals surface area contributed by atoms with Crippen molar-refractivity contribution in [2.75, 3.05) is 49.1 Å². The Morgan fingerprint density at radius 2 is 2.00 bits per heavy atom. The van der Waals surface area contributed by atoms with E-state index < -0.39 is 9.84 Å². The first kappa shape index (κ1) is 17.5. The van der Waals surface area contributed by atoms with Crippen LogP contribution in [0.3, 0.4) is 0 Å². The van der Waals surface area contributed by atoms with Gasteiger partial charge in [-0.3, -0.25) is 9.69 Å². The molecule has 1 amide bonds. The Kier molecular flexibility index (Phi) is 5.32. The summed E-state index contributed by atoms with van der Waals surface area (Å²) < 4.78 is 22.9. The van der Waals surface area contributed by atoms with Gasteiger partial charge in [0.15, 0.2) is 9.84 Å². The third-order valence-corrected chi connectivity index (χ3v) is 6.51. The smallest absolute Gasteiger partial charge is 0.234 e. The molecule has 6 nitrogen and oxygen atoms in total. The summed E-state index contributed by atoms with van der Waals surface area (Å²) in [5, 5.41) is 3.56. The first-order valence-corrected chi connectivity index (χ1v) is 10.3. The number of nitrogens with one attached hydrogen (secondary N) is 1. The molecule has 3 rings (SSSR count). The van der Waals surface area contributed by atoms with Gasteiger partial charge < -0.3 is 10.2 Å². The predicted molar refractivity (Wildman–Crippen MR) is 95.3 cm³/mol. The van der Waals surface area contributed by atoms with E-state index in [-0.39, 0.29) is 23.5 Å². The van der Waals surface area contributed by atoms with Gasteiger partial charge in [-0.25, -0.2) is 8.42 Å². The van der Waals surface area contributed by atoms with Gasteiger partial charge in [-0.1, -0.05) is 17.7 Å². The lowest BCUT2D eigenvalue weighted by Crippen LogP contribution is -2.50. The quantitative estimate of drug-likeness (QED) is 0.846. The minimum absolute atomic E-state index is 0.0707. The molecule has 0 saturated carbocycles. The van der Waals surface area contributed by atoms with Gasteiger partial charge in [0.2, 0.25) is 5.91 Å². The van der Waals surface area contributed by atoms with E-state index in [1.807, 2.05) is 24.3 Å². The van der Waals surface area contributed by atoms with Crippen molar-refractivity contribution in [3.05, 3.63) is 29.3 Å². The third-order valence-electron chi connectivity index (χ3n) is 4.51. The summed E-state index contributed by atoms with van der Waals surface area (Å²) in [7, 11) is -2.96. The predicted octanol–water partition coefficient (Wildman–Crippen LogP) is 0.765. The van der Waals surface area contributed by atoms with Crippen LogP contribution in [-0.2, 0) is 14.6 Å². The van der Waals surface area contributed by atoms with Crippen molar-refractivity contribution >= 4 is 33.0 Å². The fourth-order valence-corrected chi connectivity index (χ4v) is 5.08. The number of halogens is 1. The molecule has 2 aliphatic rings.